The van der Waals surface area contributed by atoms with Gasteiger partial charge in [-0.05, 0) is 6.42 Å². The van der Waals surface area contributed by atoms with Gasteiger partial charge in [-0.15, -0.1) is 16.7 Å². The maximum Gasteiger partial charge on any atom is 0.315 e. The van der Waals surface area contributed by atoms with E-state index in [2.05, 4.69) is 15.5 Å². The van der Waals surface area contributed by atoms with E-state index >= 15 is 0 Å². The normalized spacial score (nSPS) is 10.2. The van der Waals surface area contributed by atoms with E-state index in [-0.39, 0.29) is 5.91 Å². The Hall–Kier alpha value is -1.30. The lowest BCUT2D eigenvalue weighted by molar-refractivity contribution is -0.118. The van der Waals surface area contributed by atoms with Gasteiger partial charge in [0.15, 0.2) is 0 Å². The van der Waals surface area contributed by atoms with Gasteiger partial charge in [0.1, 0.15) is 0 Å². The van der Waals surface area contributed by atoms with Gasteiger partial charge in [-0.3, -0.25) is 4.79 Å². The molecule has 0 spiro atoms. The molecule has 0 aliphatic heterocycles. The van der Waals surface area contributed by atoms with Crippen molar-refractivity contribution in [2.75, 3.05) is 17.7 Å². The zero-order valence-electron chi connectivity index (χ0n) is 8.20. The van der Waals surface area contributed by atoms with Gasteiger partial charge < -0.3 is 15.5 Å². The fourth-order valence-electron chi connectivity index (χ4n) is 0.965. The van der Waals surface area contributed by atoms with E-state index in [0.717, 1.165) is 0 Å². The highest BCUT2D eigenvalue weighted by Crippen LogP contribution is 2.06. The van der Waals surface area contributed by atoms with E-state index in [0.29, 0.717) is 43.6 Å². The second kappa shape index (κ2) is 6.23. The fourth-order valence-corrected chi connectivity index (χ4v) is 1.13. The molecular formula is C8H13ClN4O2. The molecule has 7 heteroatoms. The van der Waals surface area contributed by atoms with Crippen LogP contribution in [-0.4, -0.2) is 28.5 Å². The molecule has 1 aromatic heterocycles. The summed E-state index contributed by atoms with van der Waals surface area (Å²) in [6.45, 7) is 0.575. The van der Waals surface area contributed by atoms with Gasteiger partial charge >= 0.3 is 6.01 Å². The average molecular weight is 233 g/mol. The highest BCUT2D eigenvalue weighted by Gasteiger charge is 2.04. The summed E-state index contributed by atoms with van der Waals surface area (Å²) in [5.74, 6) is 0.635. The number of halogens is 1. The summed E-state index contributed by atoms with van der Waals surface area (Å²) in [5, 5.41) is 10.4. The molecular weight excluding hydrogens is 220 g/mol. The third kappa shape index (κ3) is 4.64. The van der Waals surface area contributed by atoms with Crippen molar-refractivity contribution >= 4 is 23.5 Å². The average Bonchev–Trinajstić information content (AvgIpc) is 2.61. The first-order valence-electron chi connectivity index (χ1n) is 4.63. The van der Waals surface area contributed by atoms with E-state index in [1.165, 1.54) is 0 Å². The third-order valence-electron chi connectivity index (χ3n) is 1.65. The molecule has 0 saturated carbocycles. The first kappa shape index (κ1) is 11.8. The number of amides is 1. The minimum Gasteiger partial charge on any atom is -0.408 e. The topological polar surface area (TPSA) is 94.0 Å². The smallest absolute Gasteiger partial charge is 0.315 e. The lowest BCUT2D eigenvalue weighted by atomic mass is 10.3. The van der Waals surface area contributed by atoms with Gasteiger partial charge in [0.05, 0.1) is 0 Å². The van der Waals surface area contributed by atoms with E-state index in [1.54, 1.807) is 0 Å². The Labute approximate surface area is 92.2 Å². The number of hydrogen-bond acceptors (Lipinski definition) is 5. The van der Waals surface area contributed by atoms with Crippen molar-refractivity contribution in [1.82, 2.24) is 10.2 Å². The molecule has 0 atom stereocenters. The van der Waals surface area contributed by atoms with Crippen LogP contribution >= 0.6 is 11.6 Å². The molecule has 1 amide bonds. The molecule has 1 heterocycles. The summed E-state index contributed by atoms with van der Waals surface area (Å²) in [6.07, 6.45) is 1.54. The van der Waals surface area contributed by atoms with Crippen LogP contribution in [0.5, 0.6) is 0 Å². The Balaban J connectivity index is 2.22. The number of carbonyl (C=O) groups is 1. The molecule has 1 aromatic rings. The number of aryl methyl sites for hydroxylation is 1. The number of rotatable bonds is 7. The van der Waals surface area contributed by atoms with E-state index in [1.807, 2.05) is 0 Å². The van der Waals surface area contributed by atoms with Crippen molar-refractivity contribution in [3.63, 3.8) is 0 Å². The number of carbonyl (C=O) groups excluding carboxylic acids is 1. The van der Waals surface area contributed by atoms with Crippen molar-refractivity contribution in [3.8, 4) is 0 Å². The largest absolute Gasteiger partial charge is 0.408 e. The predicted molar refractivity (Wildman–Crippen MR) is 55.6 cm³/mol. The Morgan fingerprint density at radius 3 is 3.00 bits per heavy atom. The fraction of sp³-hybridized carbons (Fsp3) is 0.625. The third-order valence-corrected chi connectivity index (χ3v) is 1.84. The Morgan fingerprint density at radius 2 is 2.33 bits per heavy atom. The van der Waals surface area contributed by atoms with E-state index < -0.39 is 0 Å². The molecule has 0 unspecified atom stereocenters. The van der Waals surface area contributed by atoms with Gasteiger partial charge in [0.25, 0.3) is 0 Å². The number of anilines is 1. The molecule has 0 fully saturated rings. The summed E-state index contributed by atoms with van der Waals surface area (Å²) >= 11 is 5.51. The van der Waals surface area contributed by atoms with Gasteiger partial charge in [0, 0.05) is 25.3 Å². The van der Waals surface area contributed by atoms with Crippen molar-refractivity contribution in [2.24, 2.45) is 5.73 Å². The summed E-state index contributed by atoms with van der Waals surface area (Å²) in [6, 6.07) is 0.347. The molecule has 0 aromatic carbocycles. The minimum absolute atomic E-state index is 0.315. The first-order chi connectivity index (χ1) is 7.22. The zero-order chi connectivity index (χ0) is 11.1. The first-order valence-corrected chi connectivity index (χ1v) is 5.16. The van der Waals surface area contributed by atoms with Crippen LogP contribution in [0.3, 0.4) is 0 Å². The quantitative estimate of drug-likeness (QED) is 0.528. The minimum atomic E-state index is -0.315. The summed E-state index contributed by atoms with van der Waals surface area (Å²) in [5.41, 5.74) is 4.98. The van der Waals surface area contributed by atoms with Gasteiger partial charge in [-0.1, -0.05) is 5.10 Å². The van der Waals surface area contributed by atoms with Crippen LogP contribution in [0.4, 0.5) is 6.01 Å². The van der Waals surface area contributed by atoms with Crippen LogP contribution in [0.15, 0.2) is 4.42 Å². The highest BCUT2D eigenvalue weighted by molar-refractivity contribution is 6.17. The molecule has 15 heavy (non-hydrogen) atoms. The SMILES string of the molecule is NC(=O)CCCNc1nnc(CCCl)o1. The maximum absolute atomic E-state index is 10.4. The molecule has 3 N–H and O–H groups in total. The highest BCUT2D eigenvalue weighted by atomic mass is 35.5. The predicted octanol–water partition coefficient (Wildman–Crippen LogP) is 0.528. The summed E-state index contributed by atoms with van der Waals surface area (Å²) in [7, 11) is 0. The van der Waals surface area contributed by atoms with E-state index in [4.69, 9.17) is 21.8 Å². The molecule has 6 nitrogen and oxygen atoms in total. The standard InChI is InChI=1S/C8H13ClN4O2/c9-4-3-7-12-13-8(15-7)11-5-1-2-6(10)14/h1-5H2,(H2,10,14)(H,11,13). The van der Waals surface area contributed by atoms with Crippen LogP contribution in [0.1, 0.15) is 18.7 Å². The van der Waals surface area contributed by atoms with Gasteiger partial charge in [-0.2, -0.15) is 0 Å². The Kier molecular flexibility index (Phi) is 4.89. The molecule has 0 saturated heterocycles. The number of alkyl halides is 1. The number of nitrogens with one attached hydrogen (secondary N) is 1. The molecule has 0 bridgehead atoms. The maximum atomic E-state index is 10.4. The number of nitrogens with zero attached hydrogens (tertiary/aromatic N) is 2. The number of primary amides is 1. The van der Waals surface area contributed by atoms with Crippen LogP contribution < -0.4 is 11.1 Å². The van der Waals surface area contributed by atoms with Crippen molar-refractivity contribution < 1.29 is 9.21 Å². The number of aromatic nitrogens is 2. The molecule has 0 radical (unpaired) electrons. The number of nitrogens with two attached hydrogens (primary N) is 1. The second-order valence-corrected chi connectivity index (χ2v) is 3.31. The summed E-state index contributed by atoms with van der Waals surface area (Å²) in [4.78, 5) is 10.4. The monoisotopic (exact) mass is 232 g/mol. The van der Waals surface area contributed by atoms with Crippen LogP contribution in [0.25, 0.3) is 0 Å². The molecule has 0 aliphatic carbocycles. The van der Waals surface area contributed by atoms with Gasteiger partial charge in [0.2, 0.25) is 11.8 Å². The Bertz CT molecular complexity index is 315. The van der Waals surface area contributed by atoms with Crippen LogP contribution in [-0.2, 0) is 11.2 Å². The molecule has 1 rings (SSSR count). The number of hydrogen-bond donors (Lipinski definition) is 2. The van der Waals surface area contributed by atoms with Gasteiger partial charge in [-0.25, -0.2) is 0 Å². The lowest BCUT2D eigenvalue weighted by Crippen LogP contribution is -2.12. The van der Waals surface area contributed by atoms with E-state index in [9.17, 15) is 4.79 Å². The second-order valence-electron chi connectivity index (χ2n) is 2.94. The molecule has 0 aliphatic rings. The van der Waals surface area contributed by atoms with Crippen molar-refractivity contribution in [1.29, 1.82) is 0 Å². The van der Waals surface area contributed by atoms with Crippen LogP contribution in [0.2, 0.25) is 0 Å². The zero-order valence-corrected chi connectivity index (χ0v) is 8.96. The van der Waals surface area contributed by atoms with Crippen LogP contribution in [0, 0.1) is 0 Å². The Morgan fingerprint density at radius 1 is 1.53 bits per heavy atom. The van der Waals surface area contributed by atoms with Crippen molar-refractivity contribution in [2.45, 2.75) is 19.3 Å². The summed E-state index contributed by atoms with van der Waals surface area (Å²) < 4.78 is 5.20. The van der Waals surface area contributed by atoms with Crippen molar-refractivity contribution in [3.05, 3.63) is 5.89 Å². The lowest BCUT2D eigenvalue weighted by Gasteiger charge is -1.98. The molecule has 84 valence electrons.